The van der Waals surface area contributed by atoms with Crippen LogP contribution in [0.2, 0.25) is 4.34 Å². The Balaban J connectivity index is 1.77. The third-order valence-electron chi connectivity index (χ3n) is 3.91. The molecule has 0 aromatic carbocycles. The molecule has 2 unspecified atom stereocenters. The number of carbonyl (C=O) groups excluding carboxylic acids is 1. The van der Waals surface area contributed by atoms with Crippen LogP contribution in [0.3, 0.4) is 0 Å². The fourth-order valence-corrected chi connectivity index (χ4v) is 4.99. The van der Waals surface area contributed by atoms with E-state index < -0.39 is 5.54 Å². The van der Waals surface area contributed by atoms with Gasteiger partial charge in [-0.3, -0.25) is 4.79 Å². The summed E-state index contributed by atoms with van der Waals surface area (Å²) in [6, 6.07) is 3.88. The summed E-state index contributed by atoms with van der Waals surface area (Å²) in [5.74, 6) is 1.80. The number of amides is 1. The lowest BCUT2D eigenvalue weighted by molar-refractivity contribution is -0.121. The fraction of sp³-hybridized carbons (Fsp3) is 0.667. The molecule has 0 spiro atoms. The molecule has 1 aliphatic rings. The predicted molar refractivity (Wildman–Crippen MR) is 91.1 cm³/mol. The van der Waals surface area contributed by atoms with Crippen LogP contribution >= 0.6 is 34.7 Å². The van der Waals surface area contributed by atoms with E-state index in [1.807, 2.05) is 12.1 Å². The molecule has 1 heterocycles. The first-order valence-corrected chi connectivity index (χ1v) is 9.62. The minimum atomic E-state index is -0.401. The van der Waals surface area contributed by atoms with Crippen molar-refractivity contribution in [3.63, 3.8) is 0 Å². The zero-order valence-electron chi connectivity index (χ0n) is 12.2. The van der Waals surface area contributed by atoms with Crippen LogP contribution in [-0.2, 0) is 10.5 Å². The van der Waals surface area contributed by atoms with Gasteiger partial charge in [0.1, 0.15) is 0 Å². The lowest BCUT2D eigenvalue weighted by Gasteiger charge is -2.39. The van der Waals surface area contributed by atoms with E-state index in [-0.39, 0.29) is 12.5 Å². The summed E-state index contributed by atoms with van der Waals surface area (Å²) in [5.41, 5.74) is -0.401. The largest absolute Gasteiger partial charge is 0.394 e. The Hall–Kier alpha value is -0.230. The molecule has 1 aromatic heterocycles. The molecule has 1 amide bonds. The fourth-order valence-electron chi connectivity index (χ4n) is 2.96. The van der Waals surface area contributed by atoms with Crippen molar-refractivity contribution < 1.29 is 9.90 Å². The van der Waals surface area contributed by atoms with Crippen molar-refractivity contribution in [3.05, 3.63) is 21.3 Å². The Labute approximate surface area is 139 Å². The van der Waals surface area contributed by atoms with Gasteiger partial charge in [0, 0.05) is 10.6 Å². The van der Waals surface area contributed by atoms with Crippen LogP contribution in [0.25, 0.3) is 0 Å². The predicted octanol–water partition coefficient (Wildman–Crippen LogP) is 3.69. The van der Waals surface area contributed by atoms with E-state index in [9.17, 15) is 9.90 Å². The molecule has 0 aliphatic heterocycles. The molecule has 3 nitrogen and oxygen atoms in total. The number of thiophene rings is 1. The molecule has 118 valence electrons. The summed E-state index contributed by atoms with van der Waals surface area (Å²) in [4.78, 5) is 13.3. The molecule has 1 aromatic rings. The van der Waals surface area contributed by atoms with Gasteiger partial charge in [0.2, 0.25) is 5.91 Å². The zero-order chi connectivity index (χ0) is 15.3. The molecular formula is C15H22ClNO2S2. The van der Waals surface area contributed by atoms with Crippen molar-refractivity contribution in [2.45, 2.75) is 43.9 Å². The lowest BCUT2D eigenvalue weighted by atomic mass is 9.77. The van der Waals surface area contributed by atoms with Gasteiger partial charge in [0.25, 0.3) is 0 Å². The van der Waals surface area contributed by atoms with Crippen LogP contribution in [0, 0.1) is 5.92 Å². The van der Waals surface area contributed by atoms with Gasteiger partial charge in [-0.15, -0.1) is 23.1 Å². The number of halogens is 1. The average molecular weight is 348 g/mol. The van der Waals surface area contributed by atoms with Crippen molar-refractivity contribution in [1.29, 1.82) is 0 Å². The minimum absolute atomic E-state index is 0.0193. The third kappa shape index (κ3) is 5.16. The second kappa shape index (κ2) is 7.86. The van der Waals surface area contributed by atoms with Gasteiger partial charge >= 0.3 is 0 Å². The zero-order valence-corrected chi connectivity index (χ0v) is 14.6. The van der Waals surface area contributed by atoms with Crippen molar-refractivity contribution >= 4 is 40.6 Å². The number of hydrogen-bond acceptors (Lipinski definition) is 4. The van der Waals surface area contributed by atoms with E-state index in [2.05, 4.69) is 12.2 Å². The highest BCUT2D eigenvalue weighted by molar-refractivity contribution is 7.99. The summed E-state index contributed by atoms with van der Waals surface area (Å²) in [6.45, 7) is 2.22. The molecule has 21 heavy (non-hydrogen) atoms. The van der Waals surface area contributed by atoms with Gasteiger partial charge in [-0.2, -0.15) is 0 Å². The summed E-state index contributed by atoms with van der Waals surface area (Å²) < 4.78 is 0.783. The third-order valence-corrected chi connectivity index (χ3v) is 6.30. The smallest absolute Gasteiger partial charge is 0.230 e. The van der Waals surface area contributed by atoms with Crippen LogP contribution < -0.4 is 5.32 Å². The van der Waals surface area contributed by atoms with Crippen molar-refractivity contribution in [2.75, 3.05) is 12.4 Å². The highest BCUT2D eigenvalue weighted by Crippen LogP contribution is 2.32. The van der Waals surface area contributed by atoms with E-state index in [4.69, 9.17) is 11.6 Å². The molecule has 0 bridgehead atoms. The molecule has 0 saturated heterocycles. The van der Waals surface area contributed by atoms with Crippen LogP contribution in [0.1, 0.15) is 37.5 Å². The topological polar surface area (TPSA) is 49.3 Å². The van der Waals surface area contributed by atoms with Gasteiger partial charge in [0.05, 0.1) is 22.2 Å². The first-order chi connectivity index (χ1) is 10.0. The first kappa shape index (κ1) is 17.1. The summed E-state index contributed by atoms with van der Waals surface area (Å²) >= 11 is 9.02. The monoisotopic (exact) mass is 347 g/mol. The van der Waals surface area contributed by atoms with E-state index in [0.29, 0.717) is 11.7 Å². The number of thioether (sulfide) groups is 1. The Kier molecular flexibility index (Phi) is 6.41. The SMILES string of the molecule is CC1CCCC(CO)(NC(=O)CSCc2ccc(Cl)s2)C1. The van der Waals surface area contributed by atoms with Gasteiger partial charge < -0.3 is 10.4 Å². The molecule has 1 saturated carbocycles. The second-order valence-corrected chi connectivity index (χ2v) is 8.67. The number of aliphatic hydroxyl groups excluding tert-OH is 1. The van der Waals surface area contributed by atoms with Crippen LogP contribution in [0.5, 0.6) is 0 Å². The Morgan fingerprint density at radius 1 is 1.62 bits per heavy atom. The van der Waals surface area contributed by atoms with Crippen molar-refractivity contribution in [2.24, 2.45) is 5.92 Å². The molecular weight excluding hydrogens is 326 g/mol. The normalized spacial score (nSPS) is 25.8. The molecule has 2 N–H and O–H groups in total. The van der Waals surface area contributed by atoms with Crippen molar-refractivity contribution in [1.82, 2.24) is 5.32 Å². The van der Waals surface area contributed by atoms with E-state index in [0.717, 1.165) is 29.4 Å². The maximum atomic E-state index is 12.1. The first-order valence-electron chi connectivity index (χ1n) is 7.27. The van der Waals surface area contributed by atoms with Gasteiger partial charge in [-0.05, 0) is 30.9 Å². The highest BCUT2D eigenvalue weighted by atomic mass is 35.5. The molecule has 1 fully saturated rings. The van der Waals surface area contributed by atoms with Crippen LogP contribution in [-0.4, -0.2) is 28.9 Å². The quantitative estimate of drug-likeness (QED) is 0.825. The number of hydrogen-bond donors (Lipinski definition) is 2. The van der Waals surface area contributed by atoms with Crippen LogP contribution in [0.4, 0.5) is 0 Å². The van der Waals surface area contributed by atoms with Crippen LogP contribution in [0.15, 0.2) is 12.1 Å². The van der Waals surface area contributed by atoms with E-state index in [1.165, 1.54) is 11.3 Å². The lowest BCUT2D eigenvalue weighted by Crippen LogP contribution is -2.54. The average Bonchev–Trinajstić information content (AvgIpc) is 2.84. The minimum Gasteiger partial charge on any atom is -0.394 e. The molecule has 6 heteroatoms. The maximum Gasteiger partial charge on any atom is 0.230 e. The van der Waals surface area contributed by atoms with Gasteiger partial charge in [0.15, 0.2) is 0 Å². The number of rotatable bonds is 6. The molecule has 2 atom stereocenters. The molecule has 1 aliphatic carbocycles. The Morgan fingerprint density at radius 2 is 2.43 bits per heavy atom. The van der Waals surface area contributed by atoms with E-state index in [1.54, 1.807) is 23.1 Å². The Bertz CT molecular complexity index is 480. The molecule has 2 rings (SSSR count). The number of aliphatic hydroxyl groups is 1. The number of nitrogens with one attached hydrogen (secondary N) is 1. The van der Waals surface area contributed by atoms with Gasteiger partial charge in [-0.25, -0.2) is 0 Å². The van der Waals surface area contributed by atoms with Gasteiger partial charge in [-0.1, -0.05) is 31.4 Å². The standard InChI is InChI=1S/C15H22ClNO2S2/c1-11-3-2-6-15(7-11,10-18)17-14(19)9-20-8-12-4-5-13(16)21-12/h4-5,11,18H,2-3,6-10H2,1H3,(H,17,19). The number of carbonyl (C=O) groups is 1. The Morgan fingerprint density at radius 3 is 3.05 bits per heavy atom. The van der Waals surface area contributed by atoms with E-state index >= 15 is 0 Å². The molecule has 0 radical (unpaired) electrons. The van der Waals surface area contributed by atoms with Crippen molar-refractivity contribution in [3.8, 4) is 0 Å². The summed E-state index contributed by atoms with van der Waals surface area (Å²) in [6.07, 6.45) is 4.01. The summed E-state index contributed by atoms with van der Waals surface area (Å²) in [7, 11) is 0. The second-order valence-electron chi connectivity index (χ2n) is 5.89. The maximum absolute atomic E-state index is 12.1. The summed E-state index contributed by atoms with van der Waals surface area (Å²) in [5, 5.41) is 12.8. The highest BCUT2D eigenvalue weighted by Gasteiger charge is 2.35.